The predicted octanol–water partition coefficient (Wildman–Crippen LogP) is 1.82. The molecule has 0 atom stereocenters. The number of nitrogens with zero attached hydrogens (tertiary/aromatic N) is 1. The second-order valence-corrected chi connectivity index (χ2v) is 8.07. The van der Waals surface area contributed by atoms with E-state index < -0.39 is 5.97 Å². The third-order valence-corrected chi connectivity index (χ3v) is 5.97. The zero-order valence-electron chi connectivity index (χ0n) is 16.2. The van der Waals surface area contributed by atoms with Crippen LogP contribution >= 0.6 is 11.3 Å². The van der Waals surface area contributed by atoms with Gasteiger partial charge in [0.25, 0.3) is 0 Å². The van der Waals surface area contributed by atoms with Crippen LogP contribution in [0.4, 0.5) is 0 Å². The summed E-state index contributed by atoms with van der Waals surface area (Å²) >= 11 is 1.42. The number of hydrogen-bond acceptors (Lipinski definition) is 5. The molecule has 31 heavy (non-hydrogen) atoms. The molecular weight excluding hydrogens is 412 g/mol. The summed E-state index contributed by atoms with van der Waals surface area (Å²) in [6, 6.07) is 21.6. The SMILES string of the molecule is O=C([O-])c1ccc(COc2ccc(C=c3sc4[nH+]c5ccccc5n4c3=O)cc2)cc1. The molecule has 5 rings (SSSR count). The highest BCUT2D eigenvalue weighted by Crippen LogP contribution is 2.16. The van der Waals surface area contributed by atoms with Gasteiger partial charge in [0.1, 0.15) is 16.9 Å². The van der Waals surface area contributed by atoms with Crippen molar-refractivity contribution in [3.63, 3.8) is 0 Å². The van der Waals surface area contributed by atoms with Gasteiger partial charge in [-0.1, -0.05) is 48.5 Å². The Bertz CT molecular complexity index is 1520. The van der Waals surface area contributed by atoms with Crippen LogP contribution in [0.15, 0.2) is 77.6 Å². The number of carboxylic acids is 1. The van der Waals surface area contributed by atoms with E-state index in [0.717, 1.165) is 27.1 Å². The van der Waals surface area contributed by atoms with Crippen LogP contribution in [-0.4, -0.2) is 10.4 Å². The van der Waals surface area contributed by atoms with Crippen LogP contribution in [-0.2, 0) is 6.61 Å². The second-order valence-electron chi connectivity index (χ2n) is 7.04. The number of carboxylic acid groups (broad SMARTS) is 1. The van der Waals surface area contributed by atoms with E-state index >= 15 is 0 Å². The molecule has 0 aliphatic carbocycles. The van der Waals surface area contributed by atoms with Gasteiger partial charge in [0.2, 0.25) is 0 Å². The van der Waals surface area contributed by atoms with Gasteiger partial charge in [-0.3, -0.25) is 0 Å². The molecule has 1 N–H and O–H groups in total. The first-order chi connectivity index (χ1) is 15.1. The second kappa shape index (κ2) is 7.70. The Kier molecular flexibility index (Phi) is 4.72. The number of benzene rings is 3. The van der Waals surface area contributed by atoms with Crippen LogP contribution in [0, 0.1) is 0 Å². The number of carbonyl (C=O) groups is 1. The maximum Gasteiger partial charge on any atom is 0.357 e. The highest BCUT2D eigenvalue weighted by Gasteiger charge is 2.17. The summed E-state index contributed by atoms with van der Waals surface area (Å²) in [7, 11) is 0. The molecule has 0 amide bonds. The standard InChI is InChI=1S/C24H16N2O4S/c27-22-21(31-24-25-19-3-1-2-4-20(19)26(22)24)13-15-7-11-18(12-8-15)30-14-16-5-9-17(10-6-16)23(28)29/h1-13H,14H2,(H,28,29). The first kappa shape index (κ1) is 19.0. The molecule has 0 aliphatic heterocycles. The maximum atomic E-state index is 12.9. The van der Waals surface area contributed by atoms with Gasteiger partial charge in [0.05, 0.1) is 5.97 Å². The molecule has 3 aromatic carbocycles. The lowest BCUT2D eigenvalue weighted by atomic mass is 10.1. The first-order valence-electron chi connectivity index (χ1n) is 9.59. The topological polar surface area (TPSA) is 85.0 Å². The molecular formula is C24H16N2O4S. The van der Waals surface area contributed by atoms with Gasteiger partial charge < -0.3 is 14.6 Å². The molecule has 2 heterocycles. The molecule has 0 saturated heterocycles. The highest BCUT2D eigenvalue weighted by molar-refractivity contribution is 7.14. The summed E-state index contributed by atoms with van der Waals surface area (Å²) in [6.07, 6.45) is 1.87. The van der Waals surface area contributed by atoms with E-state index in [1.165, 1.54) is 23.5 Å². The van der Waals surface area contributed by atoms with Crippen LogP contribution < -0.4 is 24.9 Å². The minimum absolute atomic E-state index is 0.0437. The van der Waals surface area contributed by atoms with Crippen molar-refractivity contribution >= 4 is 39.4 Å². The summed E-state index contributed by atoms with van der Waals surface area (Å²) in [5.41, 5.74) is 3.66. The quantitative estimate of drug-likeness (QED) is 0.427. The van der Waals surface area contributed by atoms with Crippen molar-refractivity contribution in [1.82, 2.24) is 4.40 Å². The average Bonchev–Trinajstić information content (AvgIpc) is 3.29. The van der Waals surface area contributed by atoms with Crippen LogP contribution in [0.25, 0.3) is 22.1 Å². The number of fused-ring (bicyclic) bond motifs is 3. The fourth-order valence-electron chi connectivity index (χ4n) is 3.39. The largest absolute Gasteiger partial charge is 0.545 e. The fourth-order valence-corrected chi connectivity index (χ4v) is 4.41. The first-order valence-corrected chi connectivity index (χ1v) is 10.4. The number of H-pyrrole nitrogens is 1. The predicted molar refractivity (Wildman–Crippen MR) is 116 cm³/mol. The number of carbonyl (C=O) groups excluding carboxylic acids is 1. The zero-order valence-corrected chi connectivity index (χ0v) is 17.0. The molecule has 0 radical (unpaired) electrons. The zero-order chi connectivity index (χ0) is 21.4. The van der Waals surface area contributed by atoms with Crippen LogP contribution in [0.3, 0.4) is 0 Å². The number of aromatic amines is 1. The Morgan fingerprint density at radius 2 is 1.77 bits per heavy atom. The van der Waals surface area contributed by atoms with E-state index in [4.69, 9.17) is 4.74 Å². The molecule has 7 heteroatoms. The van der Waals surface area contributed by atoms with E-state index in [-0.39, 0.29) is 11.1 Å². The Balaban J connectivity index is 1.35. The van der Waals surface area contributed by atoms with Gasteiger partial charge in [0.15, 0.2) is 11.0 Å². The van der Waals surface area contributed by atoms with Gasteiger partial charge in [0, 0.05) is 0 Å². The minimum atomic E-state index is -1.20. The van der Waals surface area contributed by atoms with Crippen molar-refractivity contribution in [2.24, 2.45) is 0 Å². The van der Waals surface area contributed by atoms with E-state index in [0.29, 0.717) is 16.9 Å². The molecule has 0 spiro atoms. The van der Waals surface area contributed by atoms with E-state index in [2.05, 4.69) is 4.98 Å². The van der Waals surface area contributed by atoms with Crippen molar-refractivity contribution in [3.8, 4) is 5.75 Å². The molecule has 0 unspecified atom stereocenters. The van der Waals surface area contributed by atoms with Gasteiger partial charge in [-0.25, -0.2) is 9.78 Å². The number of nitrogens with one attached hydrogen (secondary N) is 1. The van der Waals surface area contributed by atoms with Crippen LogP contribution in [0.1, 0.15) is 21.5 Å². The summed E-state index contributed by atoms with van der Waals surface area (Å²) < 4.78 is 8.11. The number of para-hydroxylation sites is 2. The van der Waals surface area contributed by atoms with Gasteiger partial charge in [-0.05, 0) is 58.4 Å². The number of rotatable bonds is 5. The van der Waals surface area contributed by atoms with Gasteiger partial charge in [-0.15, -0.1) is 4.40 Å². The summed E-state index contributed by atoms with van der Waals surface area (Å²) in [4.78, 5) is 27.7. The Morgan fingerprint density at radius 3 is 2.52 bits per heavy atom. The lowest BCUT2D eigenvalue weighted by Gasteiger charge is -2.08. The monoisotopic (exact) mass is 428 g/mol. The lowest BCUT2D eigenvalue weighted by Crippen LogP contribution is -2.22. The van der Waals surface area contributed by atoms with Gasteiger partial charge >= 0.3 is 10.5 Å². The van der Waals surface area contributed by atoms with Crippen molar-refractivity contribution in [2.45, 2.75) is 6.61 Å². The van der Waals surface area contributed by atoms with Crippen molar-refractivity contribution in [3.05, 3.63) is 104 Å². The average molecular weight is 428 g/mol. The van der Waals surface area contributed by atoms with E-state index in [9.17, 15) is 14.7 Å². The van der Waals surface area contributed by atoms with Crippen LogP contribution in [0.5, 0.6) is 5.75 Å². The Morgan fingerprint density at radius 1 is 1.03 bits per heavy atom. The van der Waals surface area contributed by atoms with Gasteiger partial charge in [-0.2, -0.15) is 0 Å². The molecule has 2 aromatic heterocycles. The summed E-state index contributed by atoms with van der Waals surface area (Å²) in [5.74, 6) is -0.517. The molecule has 0 saturated carbocycles. The molecule has 5 aromatic rings. The van der Waals surface area contributed by atoms with Crippen molar-refractivity contribution < 1.29 is 19.6 Å². The number of ether oxygens (including phenoxy) is 1. The molecule has 0 bridgehead atoms. The number of hydrogen-bond donors (Lipinski definition) is 0. The van der Waals surface area contributed by atoms with Crippen molar-refractivity contribution in [1.29, 1.82) is 0 Å². The smallest absolute Gasteiger partial charge is 0.357 e. The summed E-state index contributed by atoms with van der Waals surface area (Å²) in [5, 5.41) is 10.8. The van der Waals surface area contributed by atoms with E-state index in [1.807, 2.05) is 54.6 Å². The van der Waals surface area contributed by atoms with Crippen LogP contribution in [0.2, 0.25) is 0 Å². The number of aromatic nitrogens is 2. The third kappa shape index (κ3) is 3.67. The van der Waals surface area contributed by atoms with E-state index in [1.54, 1.807) is 16.5 Å². The fraction of sp³-hybridized carbons (Fsp3) is 0.0417. The number of aromatic carboxylic acids is 1. The molecule has 0 aliphatic rings. The minimum Gasteiger partial charge on any atom is -0.545 e. The molecule has 6 nitrogen and oxygen atoms in total. The highest BCUT2D eigenvalue weighted by atomic mass is 32.1. The Hall–Kier alpha value is -3.97. The normalized spacial score (nSPS) is 11.9. The number of thiazole rings is 1. The Labute approximate surface area is 180 Å². The molecule has 152 valence electrons. The third-order valence-electron chi connectivity index (χ3n) is 4.98. The molecule has 0 fully saturated rings. The maximum absolute atomic E-state index is 12.9. The van der Waals surface area contributed by atoms with Crippen molar-refractivity contribution in [2.75, 3.05) is 0 Å². The summed E-state index contributed by atoms with van der Waals surface area (Å²) in [6.45, 7) is 0.320. The number of imidazole rings is 1. The lowest BCUT2D eigenvalue weighted by molar-refractivity contribution is -0.308.